The van der Waals surface area contributed by atoms with Crippen LogP contribution in [0.25, 0.3) is 0 Å². The number of hydrogen-bond acceptors (Lipinski definition) is 4. The van der Waals surface area contributed by atoms with Crippen LogP contribution in [-0.2, 0) is 12.8 Å². The quantitative estimate of drug-likeness (QED) is 0.573. The van der Waals surface area contributed by atoms with Crippen LogP contribution in [0.1, 0.15) is 38.7 Å². The molecule has 0 bridgehead atoms. The number of hydrazine groups is 1. The van der Waals surface area contributed by atoms with Gasteiger partial charge in [0.15, 0.2) is 0 Å². The van der Waals surface area contributed by atoms with Crippen LogP contribution in [0.2, 0.25) is 0 Å². The lowest BCUT2D eigenvalue weighted by molar-refractivity contribution is 0.573. The predicted molar refractivity (Wildman–Crippen MR) is 62.4 cm³/mol. The molecule has 0 aliphatic carbocycles. The second-order valence-corrected chi connectivity index (χ2v) is 4.09. The Hall–Kier alpha value is -1.16. The molecule has 0 radical (unpaired) electrons. The van der Waals surface area contributed by atoms with Gasteiger partial charge in [0, 0.05) is 18.2 Å². The first-order valence-electron chi connectivity index (χ1n) is 5.49. The second kappa shape index (κ2) is 5.66. The Kier molecular flexibility index (Phi) is 4.49. The first-order valence-corrected chi connectivity index (χ1v) is 5.49. The molecule has 0 saturated carbocycles. The maximum Gasteiger partial charge on any atom is 0.143 e. The topological polar surface area (TPSA) is 63.8 Å². The molecule has 0 atom stereocenters. The third kappa shape index (κ3) is 3.83. The van der Waals surface area contributed by atoms with Crippen LogP contribution in [0.4, 0.5) is 5.82 Å². The summed E-state index contributed by atoms with van der Waals surface area (Å²) in [7, 11) is 0. The Labute approximate surface area is 91.3 Å². The zero-order valence-electron chi connectivity index (χ0n) is 9.75. The molecule has 4 heteroatoms. The van der Waals surface area contributed by atoms with E-state index in [1.807, 2.05) is 6.07 Å². The van der Waals surface area contributed by atoms with Crippen molar-refractivity contribution in [3.05, 3.63) is 17.6 Å². The van der Waals surface area contributed by atoms with E-state index in [4.69, 9.17) is 5.84 Å². The van der Waals surface area contributed by atoms with Gasteiger partial charge in [-0.3, -0.25) is 0 Å². The number of nitrogen functional groups attached to an aromatic ring is 1. The first-order chi connectivity index (χ1) is 7.15. The zero-order valence-corrected chi connectivity index (χ0v) is 9.75. The lowest BCUT2D eigenvalue weighted by atomic mass is 10.1. The van der Waals surface area contributed by atoms with Crippen molar-refractivity contribution in [2.75, 3.05) is 5.43 Å². The highest BCUT2D eigenvalue weighted by molar-refractivity contribution is 5.34. The van der Waals surface area contributed by atoms with Crippen molar-refractivity contribution in [1.82, 2.24) is 9.97 Å². The highest BCUT2D eigenvalue weighted by Crippen LogP contribution is 2.10. The van der Waals surface area contributed by atoms with Crippen molar-refractivity contribution >= 4 is 5.82 Å². The van der Waals surface area contributed by atoms with E-state index in [-0.39, 0.29) is 0 Å². The van der Waals surface area contributed by atoms with Crippen LogP contribution in [-0.4, -0.2) is 9.97 Å². The van der Waals surface area contributed by atoms with E-state index >= 15 is 0 Å². The summed E-state index contributed by atoms with van der Waals surface area (Å²) in [6, 6.07) is 1.89. The van der Waals surface area contributed by atoms with Gasteiger partial charge in [-0.15, -0.1) is 0 Å². The largest absolute Gasteiger partial charge is 0.308 e. The zero-order chi connectivity index (χ0) is 11.3. The van der Waals surface area contributed by atoms with E-state index in [9.17, 15) is 0 Å². The lowest BCUT2D eigenvalue weighted by Crippen LogP contribution is -2.12. The predicted octanol–water partition coefficient (Wildman–Crippen LogP) is 1.91. The number of nitrogens with two attached hydrogens (primary N) is 1. The summed E-state index contributed by atoms with van der Waals surface area (Å²) in [6.07, 6.45) is 2.93. The van der Waals surface area contributed by atoms with E-state index in [0.717, 1.165) is 30.8 Å². The summed E-state index contributed by atoms with van der Waals surface area (Å²) in [4.78, 5) is 8.79. The molecule has 0 unspecified atom stereocenters. The normalized spacial score (nSPS) is 10.7. The minimum Gasteiger partial charge on any atom is -0.308 e. The summed E-state index contributed by atoms with van der Waals surface area (Å²) in [5.41, 5.74) is 3.62. The Morgan fingerprint density at radius 1 is 1.40 bits per heavy atom. The minimum atomic E-state index is 0.674. The molecule has 1 aromatic heterocycles. The highest BCUT2D eigenvalue weighted by atomic mass is 15.3. The van der Waals surface area contributed by atoms with Crippen LogP contribution in [0.5, 0.6) is 0 Å². The van der Waals surface area contributed by atoms with Gasteiger partial charge in [0.2, 0.25) is 0 Å². The molecule has 0 amide bonds. The van der Waals surface area contributed by atoms with Gasteiger partial charge >= 0.3 is 0 Å². The molecular weight excluding hydrogens is 188 g/mol. The van der Waals surface area contributed by atoms with Gasteiger partial charge in [-0.2, -0.15) is 0 Å². The van der Waals surface area contributed by atoms with E-state index in [1.54, 1.807) is 0 Å². The molecule has 4 nitrogen and oxygen atoms in total. The fourth-order valence-electron chi connectivity index (χ4n) is 1.34. The molecule has 3 N–H and O–H groups in total. The monoisotopic (exact) mass is 208 g/mol. The maximum atomic E-state index is 5.36. The van der Waals surface area contributed by atoms with Crippen molar-refractivity contribution in [2.45, 2.75) is 40.0 Å². The molecule has 0 aliphatic heterocycles. The number of aromatic nitrogens is 2. The SMILES string of the molecule is CCc1cc(NN)nc(CCC(C)C)n1. The summed E-state index contributed by atoms with van der Waals surface area (Å²) in [5.74, 6) is 7.63. The van der Waals surface area contributed by atoms with Gasteiger partial charge < -0.3 is 5.43 Å². The summed E-state index contributed by atoms with van der Waals surface area (Å²) in [6.45, 7) is 6.48. The Bertz CT molecular complexity index is 287. The van der Waals surface area contributed by atoms with E-state index in [0.29, 0.717) is 11.7 Å². The molecule has 1 aromatic rings. The summed E-state index contributed by atoms with van der Waals surface area (Å²) < 4.78 is 0. The van der Waals surface area contributed by atoms with Gasteiger partial charge in [-0.25, -0.2) is 15.8 Å². The fraction of sp³-hybridized carbons (Fsp3) is 0.636. The third-order valence-electron chi connectivity index (χ3n) is 2.28. The minimum absolute atomic E-state index is 0.674. The third-order valence-corrected chi connectivity index (χ3v) is 2.28. The first kappa shape index (κ1) is 11.9. The van der Waals surface area contributed by atoms with Gasteiger partial charge in [0.05, 0.1) is 0 Å². The molecule has 0 spiro atoms. The number of aryl methyl sites for hydroxylation is 2. The molecule has 0 saturated heterocycles. The molecule has 0 aromatic carbocycles. The summed E-state index contributed by atoms with van der Waals surface area (Å²) in [5, 5.41) is 0. The number of nitrogens with one attached hydrogen (secondary N) is 1. The van der Waals surface area contributed by atoms with Crippen LogP contribution in [0.3, 0.4) is 0 Å². The van der Waals surface area contributed by atoms with Crippen molar-refractivity contribution in [1.29, 1.82) is 0 Å². The van der Waals surface area contributed by atoms with Crippen molar-refractivity contribution in [3.63, 3.8) is 0 Å². The number of nitrogens with zero attached hydrogens (tertiary/aromatic N) is 2. The highest BCUT2D eigenvalue weighted by Gasteiger charge is 2.04. The van der Waals surface area contributed by atoms with Gasteiger partial charge in [0.25, 0.3) is 0 Å². The van der Waals surface area contributed by atoms with Gasteiger partial charge in [-0.05, 0) is 18.8 Å². The standard InChI is InChI=1S/C11H20N4/c1-4-9-7-11(15-12)14-10(13-9)6-5-8(2)3/h7-8H,4-6,12H2,1-3H3,(H,13,14,15). The van der Waals surface area contributed by atoms with E-state index in [1.165, 1.54) is 0 Å². The fourth-order valence-corrected chi connectivity index (χ4v) is 1.34. The Morgan fingerprint density at radius 2 is 2.13 bits per heavy atom. The average molecular weight is 208 g/mol. The number of anilines is 1. The average Bonchev–Trinajstić information content (AvgIpc) is 2.25. The molecule has 84 valence electrons. The van der Waals surface area contributed by atoms with Crippen molar-refractivity contribution in [2.24, 2.45) is 11.8 Å². The Morgan fingerprint density at radius 3 is 2.67 bits per heavy atom. The summed E-state index contributed by atoms with van der Waals surface area (Å²) >= 11 is 0. The Balaban J connectivity index is 2.77. The van der Waals surface area contributed by atoms with Gasteiger partial charge in [0.1, 0.15) is 11.6 Å². The maximum absolute atomic E-state index is 5.36. The molecule has 0 fully saturated rings. The molecule has 0 aliphatic rings. The lowest BCUT2D eigenvalue weighted by Gasteiger charge is -2.07. The van der Waals surface area contributed by atoms with Crippen LogP contribution in [0, 0.1) is 5.92 Å². The smallest absolute Gasteiger partial charge is 0.143 e. The van der Waals surface area contributed by atoms with Crippen molar-refractivity contribution in [3.8, 4) is 0 Å². The number of rotatable bonds is 5. The van der Waals surface area contributed by atoms with Crippen LogP contribution in [0.15, 0.2) is 6.07 Å². The van der Waals surface area contributed by atoms with E-state index < -0.39 is 0 Å². The second-order valence-electron chi connectivity index (χ2n) is 4.09. The molecule has 15 heavy (non-hydrogen) atoms. The van der Waals surface area contributed by atoms with E-state index in [2.05, 4.69) is 36.2 Å². The van der Waals surface area contributed by atoms with Crippen LogP contribution < -0.4 is 11.3 Å². The number of hydrogen-bond donors (Lipinski definition) is 2. The molecular formula is C11H20N4. The van der Waals surface area contributed by atoms with Crippen LogP contribution >= 0.6 is 0 Å². The molecule has 1 heterocycles. The molecule has 1 rings (SSSR count). The van der Waals surface area contributed by atoms with Gasteiger partial charge in [-0.1, -0.05) is 20.8 Å². The van der Waals surface area contributed by atoms with Crippen molar-refractivity contribution < 1.29 is 0 Å².